The van der Waals surface area contributed by atoms with E-state index < -0.39 is 5.54 Å². The van der Waals surface area contributed by atoms with Crippen LogP contribution in [0.15, 0.2) is 0 Å². The van der Waals surface area contributed by atoms with Gasteiger partial charge in [0, 0.05) is 13.5 Å². The fraction of sp³-hybridized carbons (Fsp3) is 0.929. The monoisotopic (exact) mass is 273 g/mol. The molecule has 3 unspecified atom stereocenters. The van der Waals surface area contributed by atoms with E-state index in [1.54, 1.807) is 7.11 Å². The molecule has 1 N–H and O–H groups in total. The maximum atomic E-state index is 12.1. The van der Waals surface area contributed by atoms with Gasteiger partial charge in [0.05, 0.1) is 25.9 Å². The average Bonchev–Trinajstić information content (AvgIpc) is 2.38. The lowest BCUT2D eigenvalue weighted by Crippen LogP contribution is -2.56. The van der Waals surface area contributed by atoms with Gasteiger partial charge in [-0.2, -0.15) is 0 Å². The van der Waals surface area contributed by atoms with Crippen molar-refractivity contribution in [2.24, 2.45) is 0 Å². The van der Waals surface area contributed by atoms with Gasteiger partial charge in [-0.15, -0.1) is 0 Å². The molecule has 0 spiro atoms. The lowest BCUT2D eigenvalue weighted by molar-refractivity contribution is -0.154. The molecule has 1 saturated carbocycles. The summed E-state index contributed by atoms with van der Waals surface area (Å²) < 4.78 is 16.0. The number of ether oxygens (including phenoxy) is 3. The van der Waals surface area contributed by atoms with Crippen LogP contribution in [0, 0.1) is 0 Å². The van der Waals surface area contributed by atoms with Crippen molar-refractivity contribution >= 4 is 5.97 Å². The minimum Gasteiger partial charge on any atom is -0.468 e. The van der Waals surface area contributed by atoms with E-state index in [0.29, 0.717) is 13.0 Å². The normalized spacial score (nSPS) is 28.9. The van der Waals surface area contributed by atoms with Gasteiger partial charge >= 0.3 is 5.97 Å². The number of hydrogen-bond donors (Lipinski definition) is 1. The van der Waals surface area contributed by atoms with E-state index in [2.05, 4.69) is 5.32 Å². The highest BCUT2D eigenvalue weighted by Gasteiger charge is 2.43. The summed E-state index contributed by atoms with van der Waals surface area (Å²) in [6.07, 6.45) is 3.56. The second-order valence-corrected chi connectivity index (χ2v) is 5.22. The van der Waals surface area contributed by atoms with Crippen LogP contribution in [0.25, 0.3) is 0 Å². The van der Waals surface area contributed by atoms with Crippen molar-refractivity contribution in [3.8, 4) is 0 Å². The van der Waals surface area contributed by atoms with Crippen molar-refractivity contribution < 1.29 is 19.0 Å². The first-order valence-corrected chi connectivity index (χ1v) is 7.05. The molecule has 0 bridgehead atoms. The molecule has 0 radical (unpaired) electrons. The van der Waals surface area contributed by atoms with E-state index in [1.807, 2.05) is 13.8 Å². The lowest BCUT2D eigenvalue weighted by atomic mass is 9.80. The summed E-state index contributed by atoms with van der Waals surface area (Å²) in [4.78, 5) is 12.1. The van der Waals surface area contributed by atoms with Gasteiger partial charge < -0.3 is 19.5 Å². The van der Waals surface area contributed by atoms with Crippen LogP contribution in [0.3, 0.4) is 0 Å². The molecular weight excluding hydrogens is 246 g/mol. The molecule has 0 aromatic rings. The standard InChI is InChI=1S/C14H27NO4/c1-5-15-14(13(16)18-4)8-6-7-12(9-14)19-11(2)10-17-3/h11-12,15H,5-10H2,1-4H3. The summed E-state index contributed by atoms with van der Waals surface area (Å²) in [6.45, 7) is 5.31. The number of methoxy groups -OCH3 is 2. The van der Waals surface area contributed by atoms with Crippen LogP contribution in [0.5, 0.6) is 0 Å². The van der Waals surface area contributed by atoms with Gasteiger partial charge in [0.25, 0.3) is 0 Å². The Hall–Kier alpha value is -0.650. The van der Waals surface area contributed by atoms with Crippen LogP contribution < -0.4 is 5.32 Å². The third-order valence-electron chi connectivity index (χ3n) is 3.62. The van der Waals surface area contributed by atoms with E-state index in [0.717, 1.165) is 25.8 Å². The molecule has 0 amide bonds. The SMILES string of the molecule is CCNC1(C(=O)OC)CCCC(OC(C)COC)C1. The third kappa shape index (κ3) is 4.44. The first-order valence-electron chi connectivity index (χ1n) is 7.05. The summed E-state index contributed by atoms with van der Waals surface area (Å²) in [6, 6.07) is 0. The predicted octanol–water partition coefficient (Wildman–Crippen LogP) is 1.50. The van der Waals surface area contributed by atoms with Gasteiger partial charge in [-0.3, -0.25) is 4.79 Å². The van der Waals surface area contributed by atoms with Crippen molar-refractivity contribution in [1.82, 2.24) is 5.32 Å². The Bertz CT molecular complexity index is 281. The zero-order chi connectivity index (χ0) is 14.3. The highest BCUT2D eigenvalue weighted by atomic mass is 16.5. The molecule has 0 saturated heterocycles. The van der Waals surface area contributed by atoms with Crippen LogP contribution in [0.4, 0.5) is 0 Å². The Morgan fingerprint density at radius 1 is 1.47 bits per heavy atom. The van der Waals surface area contributed by atoms with Crippen molar-refractivity contribution in [1.29, 1.82) is 0 Å². The topological polar surface area (TPSA) is 56.8 Å². The van der Waals surface area contributed by atoms with Crippen molar-refractivity contribution in [2.45, 2.75) is 57.3 Å². The number of carbonyl (C=O) groups excluding carboxylic acids is 1. The molecule has 3 atom stereocenters. The smallest absolute Gasteiger partial charge is 0.326 e. The molecule has 112 valence electrons. The Labute approximate surface area is 116 Å². The molecule has 0 aliphatic heterocycles. The van der Waals surface area contributed by atoms with Gasteiger partial charge in [-0.1, -0.05) is 6.92 Å². The van der Waals surface area contributed by atoms with Crippen LogP contribution in [0.2, 0.25) is 0 Å². The molecule has 5 nitrogen and oxygen atoms in total. The number of likely N-dealkylation sites (N-methyl/N-ethyl adjacent to an activating group) is 1. The van der Waals surface area contributed by atoms with Crippen molar-refractivity contribution in [3.63, 3.8) is 0 Å². The fourth-order valence-electron chi connectivity index (χ4n) is 2.89. The molecule has 5 heteroatoms. The first-order chi connectivity index (χ1) is 9.07. The third-order valence-corrected chi connectivity index (χ3v) is 3.62. The summed E-state index contributed by atoms with van der Waals surface area (Å²) >= 11 is 0. The quantitative estimate of drug-likeness (QED) is 0.712. The van der Waals surface area contributed by atoms with Gasteiger partial charge in [0.1, 0.15) is 5.54 Å². The van der Waals surface area contributed by atoms with E-state index in [-0.39, 0.29) is 18.2 Å². The van der Waals surface area contributed by atoms with Gasteiger partial charge in [0.15, 0.2) is 0 Å². The summed E-state index contributed by atoms with van der Waals surface area (Å²) in [7, 11) is 3.11. The van der Waals surface area contributed by atoms with Crippen molar-refractivity contribution in [3.05, 3.63) is 0 Å². The largest absolute Gasteiger partial charge is 0.468 e. The van der Waals surface area contributed by atoms with Crippen LogP contribution >= 0.6 is 0 Å². The minimum absolute atomic E-state index is 0.0464. The van der Waals surface area contributed by atoms with Gasteiger partial charge in [-0.25, -0.2) is 0 Å². The number of nitrogens with one attached hydrogen (secondary N) is 1. The van der Waals surface area contributed by atoms with E-state index in [9.17, 15) is 4.79 Å². The number of carbonyl (C=O) groups is 1. The Morgan fingerprint density at radius 2 is 2.21 bits per heavy atom. The molecule has 1 fully saturated rings. The Balaban J connectivity index is 2.66. The predicted molar refractivity (Wildman–Crippen MR) is 73.1 cm³/mol. The van der Waals surface area contributed by atoms with Crippen LogP contribution in [0.1, 0.15) is 39.5 Å². The lowest BCUT2D eigenvalue weighted by Gasteiger charge is -2.39. The number of rotatable bonds is 7. The zero-order valence-corrected chi connectivity index (χ0v) is 12.5. The molecule has 0 heterocycles. The Morgan fingerprint density at radius 3 is 2.79 bits per heavy atom. The molecule has 19 heavy (non-hydrogen) atoms. The maximum absolute atomic E-state index is 12.1. The summed E-state index contributed by atoms with van der Waals surface area (Å²) in [5, 5.41) is 3.30. The van der Waals surface area contributed by atoms with Crippen molar-refractivity contribution in [2.75, 3.05) is 27.4 Å². The average molecular weight is 273 g/mol. The van der Waals surface area contributed by atoms with Gasteiger partial charge in [0.2, 0.25) is 0 Å². The van der Waals surface area contributed by atoms with Gasteiger partial charge in [-0.05, 0) is 32.7 Å². The minimum atomic E-state index is -0.584. The highest BCUT2D eigenvalue weighted by Crippen LogP contribution is 2.31. The fourth-order valence-corrected chi connectivity index (χ4v) is 2.89. The second-order valence-electron chi connectivity index (χ2n) is 5.22. The van der Waals surface area contributed by atoms with Crippen LogP contribution in [-0.4, -0.2) is 51.1 Å². The second kappa shape index (κ2) is 7.82. The van der Waals surface area contributed by atoms with Crippen LogP contribution in [-0.2, 0) is 19.0 Å². The maximum Gasteiger partial charge on any atom is 0.326 e. The zero-order valence-electron chi connectivity index (χ0n) is 12.5. The van der Waals surface area contributed by atoms with E-state index in [1.165, 1.54) is 7.11 Å². The number of esters is 1. The Kier molecular flexibility index (Phi) is 6.75. The molecule has 0 aromatic heterocycles. The molecule has 1 aliphatic carbocycles. The van der Waals surface area contributed by atoms with E-state index >= 15 is 0 Å². The molecule has 1 rings (SSSR count). The number of hydrogen-bond acceptors (Lipinski definition) is 5. The molecule has 0 aromatic carbocycles. The highest BCUT2D eigenvalue weighted by molar-refractivity contribution is 5.81. The molecule has 1 aliphatic rings. The summed E-state index contributed by atoms with van der Waals surface area (Å²) in [5.74, 6) is -0.179. The summed E-state index contributed by atoms with van der Waals surface area (Å²) in [5.41, 5.74) is -0.584. The van der Waals surface area contributed by atoms with E-state index in [4.69, 9.17) is 14.2 Å². The molecular formula is C14H27NO4. The first kappa shape index (κ1) is 16.4.